The van der Waals surface area contributed by atoms with E-state index in [0.717, 1.165) is 83.5 Å². The maximum atomic E-state index is 12.9. The molecule has 0 aliphatic heterocycles. The van der Waals surface area contributed by atoms with Crippen molar-refractivity contribution in [2.45, 2.75) is 316 Å². The molecule has 6 nitrogen and oxygen atoms in total. The average Bonchev–Trinajstić information content (AvgIpc) is 3.36. The van der Waals surface area contributed by atoms with E-state index in [4.69, 9.17) is 14.2 Å². The summed E-state index contributed by atoms with van der Waals surface area (Å²) >= 11 is 0. The van der Waals surface area contributed by atoms with Crippen molar-refractivity contribution in [1.29, 1.82) is 0 Å². The third kappa shape index (κ3) is 56.0. The molecule has 0 aromatic carbocycles. The van der Waals surface area contributed by atoms with Gasteiger partial charge in [0.15, 0.2) is 6.10 Å². The van der Waals surface area contributed by atoms with Crippen LogP contribution in [-0.4, -0.2) is 37.2 Å². The Hall–Kier alpha value is -2.89. The van der Waals surface area contributed by atoms with Gasteiger partial charge >= 0.3 is 17.9 Å². The molecule has 0 saturated carbocycles. The molecule has 1 unspecified atom stereocenters. The molecule has 0 aromatic rings. The zero-order valence-corrected chi connectivity index (χ0v) is 46.5. The van der Waals surface area contributed by atoms with Crippen molar-refractivity contribution in [3.8, 4) is 0 Å². The van der Waals surface area contributed by atoms with Gasteiger partial charge in [0.2, 0.25) is 0 Å². The summed E-state index contributed by atoms with van der Waals surface area (Å²) in [5.41, 5.74) is 0. The number of carbonyl (C=O) groups is 3. The molecular weight excluding hydrogens is 865 g/mol. The first-order valence-electron chi connectivity index (χ1n) is 30.3. The van der Waals surface area contributed by atoms with Crippen LogP contribution < -0.4 is 0 Å². The number of hydrogen-bond acceptors (Lipinski definition) is 6. The monoisotopic (exact) mass is 979 g/mol. The first kappa shape index (κ1) is 67.1. The maximum Gasteiger partial charge on any atom is 0.306 e. The number of unbranched alkanes of at least 4 members (excludes halogenated alkanes) is 34. The van der Waals surface area contributed by atoms with Crippen LogP contribution in [-0.2, 0) is 28.6 Å². The highest BCUT2D eigenvalue weighted by Crippen LogP contribution is 2.15. The Morgan fingerprint density at radius 3 is 0.843 bits per heavy atom. The lowest BCUT2D eigenvalue weighted by atomic mass is 10.1. The summed E-state index contributed by atoms with van der Waals surface area (Å²) in [5.74, 6) is -0.895. The highest BCUT2D eigenvalue weighted by Gasteiger charge is 2.19. The second-order valence-electron chi connectivity index (χ2n) is 20.2. The van der Waals surface area contributed by atoms with E-state index < -0.39 is 6.10 Å². The molecule has 0 saturated heterocycles. The molecule has 0 bridgehead atoms. The van der Waals surface area contributed by atoms with Crippen molar-refractivity contribution in [2.75, 3.05) is 13.2 Å². The van der Waals surface area contributed by atoms with Gasteiger partial charge in [-0.3, -0.25) is 14.4 Å². The number of carbonyl (C=O) groups excluding carboxylic acids is 3. The molecule has 0 radical (unpaired) electrons. The van der Waals surface area contributed by atoms with Crippen molar-refractivity contribution >= 4 is 17.9 Å². The van der Waals surface area contributed by atoms with E-state index >= 15 is 0 Å². The van der Waals surface area contributed by atoms with Gasteiger partial charge in [0.1, 0.15) is 13.2 Å². The minimum absolute atomic E-state index is 0.0834. The van der Waals surface area contributed by atoms with Crippen LogP contribution in [0, 0.1) is 0 Å². The standard InChI is InChI=1S/C64H114O6/c1-4-7-10-13-16-19-22-25-28-30-32-34-36-39-42-45-48-51-54-57-63(66)69-60-61(59-68-62(65)56-53-50-47-44-41-38-35-27-24-21-18-15-12-9-6-3)70-64(67)58-55-52-49-46-43-40-37-33-31-29-26-23-20-17-14-11-8-5-2/h16,19,25,27-29,31-32,34-35,61H,4-15,17-18,20-24,26,30,33,36-60H2,1-3H3/b19-16-,28-25-,31-29-,34-32-,35-27-. The molecule has 0 heterocycles. The predicted octanol–water partition coefficient (Wildman–Crippen LogP) is 20.4. The fourth-order valence-electron chi connectivity index (χ4n) is 8.62. The van der Waals surface area contributed by atoms with E-state index in [1.165, 1.54) is 186 Å². The molecule has 0 fully saturated rings. The van der Waals surface area contributed by atoms with Crippen LogP contribution in [0.5, 0.6) is 0 Å². The van der Waals surface area contributed by atoms with Crippen molar-refractivity contribution in [3.05, 3.63) is 60.8 Å². The summed E-state index contributed by atoms with van der Waals surface area (Å²) in [7, 11) is 0. The molecule has 0 spiro atoms. The van der Waals surface area contributed by atoms with Crippen LogP contribution in [0.1, 0.15) is 310 Å². The number of ether oxygens (including phenoxy) is 3. The SMILES string of the molecule is CCCCC/C=C\C/C=C\C/C=C\CCCCCCCCC(=O)OCC(COC(=O)CCCCCCC/C=C\CCCCCCCC)OC(=O)CCCCCCCCC/C=C\CCCCCCCCC. The van der Waals surface area contributed by atoms with Crippen LogP contribution in [0.2, 0.25) is 0 Å². The first-order chi connectivity index (χ1) is 34.5. The van der Waals surface area contributed by atoms with E-state index in [2.05, 4.69) is 81.5 Å². The summed E-state index contributed by atoms with van der Waals surface area (Å²) in [6, 6.07) is 0. The minimum atomic E-state index is -0.786. The Morgan fingerprint density at radius 1 is 0.286 bits per heavy atom. The number of rotatable bonds is 55. The Morgan fingerprint density at radius 2 is 0.514 bits per heavy atom. The van der Waals surface area contributed by atoms with Gasteiger partial charge in [-0.05, 0) is 109 Å². The molecule has 0 amide bonds. The maximum absolute atomic E-state index is 12.9. The first-order valence-corrected chi connectivity index (χ1v) is 30.3. The fourth-order valence-corrected chi connectivity index (χ4v) is 8.62. The predicted molar refractivity (Wildman–Crippen MR) is 302 cm³/mol. The summed E-state index contributed by atoms with van der Waals surface area (Å²) in [6.45, 7) is 6.62. The van der Waals surface area contributed by atoms with Crippen LogP contribution in [0.3, 0.4) is 0 Å². The van der Waals surface area contributed by atoms with Gasteiger partial charge in [-0.15, -0.1) is 0 Å². The van der Waals surface area contributed by atoms with Crippen molar-refractivity contribution in [1.82, 2.24) is 0 Å². The zero-order chi connectivity index (χ0) is 50.7. The minimum Gasteiger partial charge on any atom is -0.462 e. The van der Waals surface area contributed by atoms with Gasteiger partial charge in [-0.25, -0.2) is 0 Å². The lowest BCUT2D eigenvalue weighted by molar-refractivity contribution is -0.167. The molecule has 1 atom stereocenters. The largest absolute Gasteiger partial charge is 0.462 e. The Labute approximate surface area is 434 Å². The Kier molecular flexibility index (Phi) is 56.3. The number of esters is 3. The lowest BCUT2D eigenvalue weighted by Crippen LogP contribution is -2.30. The van der Waals surface area contributed by atoms with Crippen LogP contribution in [0.25, 0.3) is 0 Å². The number of allylic oxidation sites excluding steroid dienone is 10. The normalized spacial score (nSPS) is 12.4. The molecule has 0 aliphatic carbocycles. The second kappa shape index (κ2) is 58.7. The zero-order valence-electron chi connectivity index (χ0n) is 46.5. The summed E-state index contributed by atoms with van der Waals surface area (Å²) < 4.78 is 16.9. The van der Waals surface area contributed by atoms with E-state index in [0.29, 0.717) is 19.3 Å². The van der Waals surface area contributed by atoms with E-state index in [1.54, 1.807) is 0 Å². The van der Waals surface area contributed by atoms with E-state index in [9.17, 15) is 14.4 Å². The lowest BCUT2D eigenvalue weighted by Gasteiger charge is -2.18. The highest BCUT2D eigenvalue weighted by molar-refractivity contribution is 5.71. The quantitative estimate of drug-likeness (QED) is 0.0261. The third-order valence-corrected chi connectivity index (χ3v) is 13.2. The molecule has 0 N–H and O–H groups in total. The highest BCUT2D eigenvalue weighted by atomic mass is 16.6. The van der Waals surface area contributed by atoms with Crippen LogP contribution in [0.15, 0.2) is 60.8 Å². The topological polar surface area (TPSA) is 78.9 Å². The number of hydrogen-bond donors (Lipinski definition) is 0. The van der Waals surface area contributed by atoms with E-state index in [1.807, 2.05) is 0 Å². The van der Waals surface area contributed by atoms with Gasteiger partial charge in [0, 0.05) is 19.3 Å². The molecule has 70 heavy (non-hydrogen) atoms. The molecule has 6 heteroatoms. The fraction of sp³-hybridized carbons (Fsp3) is 0.797. The Bertz CT molecular complexity index is 1260. The van der Waals surface area contributed by atoms with Crippen molar-refractivity contribution < 1.29 is 28.6 Å². The molecule has 0 aliphatic rings. The van der Waals surface area contributed by atoms with Crippen molar-refractivity contribution in [3.63, 3.8) is 0 Å². The molecule has 0 aromatic heterocycles. The van der Waals surface area contributed by atoms with Crippen molar-refractivity contribution in [2.24, 2.45) is 0 Å². The van der Waals surface area contributed by atoms with E-state index in [-0.39, 0.29) is 31.1 Å². The molecule has 0 rings (SSSR count). The van der Waals surface area contributed by atoms with Gasteiger partial charge in [-0.2, -0.15) is 0 Å². The average molecular weight is 980 g/mol. The molecule has 406 valence electrons. The summed E-state index contributed by atoms with van der Waals surface area (Å²) in [4.78, 5) is 38.2. The van der Waals surface area contributed by atoms with Gasteiger partial charge < -0.3 is 14.2 Å². The van der Waals surface area contributed by atoms with Gasteiger partial charge in [0.25, 0.3) is 0 Å². The smallest absolute Gasteiger partial charge is 0.306 e. The summed E-state index contributed by atoms with van der Waals surface area (Å²) in [5, 5.41) is 0. The van der Waals surface area contributed by atoms with Crippen LogP contribution >= 0.6 is 0 Å². The third-order valence-electron chi connectivity index (χ3n) is 13.2. The Balaban J connectivity index is 4.40. The molecular formula is C64H114O6. The summed E-state index contributed by atoms with van der Waals surface area (Å²) in [6.07, 6.45) is 73.5. The second-order valence-corrected chi connectivity index (χ2v) is 20.2. The van der Waals surface area contributed by atoms with Gasteiger partial charge in [0.05, 0.1) is 0 Å². The van der Waals surface area contributed by atoms with Crippen LogP contribution in [0.4, 0.5) is 0 Å². The van der Waals surface area contributed by atoms with Gasteiger partial charge in [-0.1, -0.05) is 242 Å².